The summed E-state index contributed by atoms with van der Waals surface area (Å²) in [5.74, 6) is 0.741. The van der Waals surface area contributed by atoms with E-state index in [9.17, 15) is 15.0 Å². The van der Waals surface area contributed by atoms with Crippen LogP contribution >= 0.6 is 0 Å². The minimum atomic E-state index is -0.949. The summed E-state index contributed by atoms with van der Waals surface area (Å²) >= 11 is 0. The average molecular weight is 250 g/mol. The Morgan fingerprint density at radius 3 is 2.72 bits per heavy atom. The molecule has 2 aliphatic carbocycles. The van der Waals surface area contributed by atoms with Gasteiger partial charge in [-0.25, -0.2) is 0 Å². The van der Waals surface area contributed by atoms with Gasteiger partial charge < -0.3 is 14.6 Å². The largest absolute Gasteiger partial charge is 0.458 e. The minimum Gasteiger partial charge on any atom is -0.458 e. The lowest BCUT2D eigenvalue weighted by atomic mass is 9.77. The Balaban J connectivity index is 2.03. The molecule has 0 aliphatic heterocycles. The first-order valence-corrected chi connectivity index (χ1v) is 6.31. The summed E-state index contributed by atoms with van der Waals surface area (Å²) in [4.78, 5) is 12.5. The van der Waals surface area contributed by atoms with Gasteiger partial charge in [0.15, 0.2) is 5.76 Å². The molecule has 0 radical (unpaired) electrons. The summed E-state index contributed by atoms with van der Waals surface area (Å²) in [7, 11) is 0. The molecular formula is C14H18O4. The number of carbonyl (C=O) groups is 1. The fourth-order valence-corrected chi connectivity index (χ4v) is 3.44. The number of hydrogen-bond acceptors (Lipinski definition) is 4. The zero-order chi connectivity index (χ0) is 13.3. The van der Waals surface area contributed by atoms with Gasteiger partial charge in [0.05, 0.1) is 17.1 Å². The zero-order valence-electron chi connectivity index (χ0n) is 10.9. The summed E-state index contributed by atoms with van der Waals surface area (Å²) in [6.45, 7) is 5.18. The predicted molar refractivity (Wildman–Crippen MR) is 64.3 cm³/mol. The molecule has 98 valence electrons. The van der Waals surface area contributed by atoms with Crippen molar-refractivity contribution in [1.29, 1.82) is 0 Å². The maximum Gasteiger partial charge on any atom is 0.207 e. The van der Waals surface area contributed by atoms with Gasteiger partial charge in [0.1, 0.15) is 5.76 Å². The molecule has 1 fully saturated rings. The third-order valence-electron chi connectivity index (χ3n) is 4.43. The molecule has 4 heteroatoms. The molecule has 1 saturated carbocycles. The summed E-state index contributed by atoms with van der Waals surface area (Å²) < 4.78 is 5.46. The second-order valence-electron chi connectivity index (χ2n) is 6.21. The number of aliphatic hydroxyl groups is 2. The maximum absolute atomic E-state index is 12.5. The third kappa shape index (κ3) is 1.36. The van der Waals surface area contributed by atoms with Gasteiger partial charge in [0, 0.05) is 17.9 Å². The molecule has 3 atom stereocenters. The van der Waals surface area contributed by atoms with Gasteiger partial charge in [-0.15, -0.1) is 0 Å². The number of aryl methyl sites for hydroxylation is 1. The van der Waals surface area contributed by atoms with Crippen molar-refractivity contribution in [3.8, 4) is 0 Å². The lowest BCUT2D eigenvalue weighted by Crippen LogP contribution is -2.42. The Morgan fingerprint density at radius 2 is 2.17 bits per heavy atom. The van der Waals surface area contributed by atoms with Crippen molar-refractivity contribution in [2.75, 3.05) is 0 Å². The Labute approximate surface area is 106 Å². The van der Waals surface area contributed by atoms with Crippen LogP contribution < -0.4 is 0 Å². The molecular weight excluding hydrogens is 232 g/mol. The third-order valence-corrected chi connectivity index (χ3v) is 4.43. The van der Waals surface area contributed by atoms with E-state index >= 15 is 0 Å². The van der Waals surface area contributed by atoms with Gasteiger partial charge in [-0.2, -0.15) is 0 Å². The van der Waals surface area contributed by atoms with Gasteiger partial charge in [0.2, 0.25) is 5.78 Å². The number of furan rings is 1. The summed E-state index contributed by atoms with van der Waals surface area (Å²) in [5, 5.41) is 20.4. The molecule has 1 heterocycles. The summed E-state index contributed by atoms with van der Waals surface area (Å²) in [5.41, 5.74) is -0.984. The molecule has 18 heavy (non-hydrogen) atoms. The fourth-order valence-electron chi connectivity index (χ4n) is 3.44. The molecule has 3 rings (SSSR count). The topological polar surface area (TPSA) is 70.7 Å². The quantitative estimate of drug-likeness (QED) is 0.791. The molecule has 0 aromatic carbocycles. The highest BCUT2D eigenvalue weighted by Gasteiger charge is 2.70. The van der Waals surface area contributed by atoms with Crippen LogP contribution in [0.15, 0.2) is 10.5 Å². The highest BCUT2D eigenvalue weighted by atomic mass is 16.4. The Morgan fingerprint density at radius 1 is 1.50 bits per heavy atom. The standard InChI is InChI=1S/C14H18O4/c1-7-4-8-5-10(15)14(12(16)11(8)18-7)6-9(14)13(2,3)17/h4,9-10,15,17H,5-6H2,1-3H3/t9-,10-,14-/m0/s1. The number of Topliss-reactive ketones (excluding diaryl/α,β-unsaturated/α-hetero) is 1. The smallest absolute Gasteiger partial charge is 0.207 e. The lowest BCUT2D eigenvalue weighted by molar-refractivity contribution is 0.00587. The van der Waals surface area contributed by atoms with E-state index in [1.54, 1.807) is 20.8 Å². The fraction of sp³-hybridized carbons (Fsp3) is 0.643. The highest BCUT2D eigenvalue weighted by Crippen LogP contribution is 2.63. The monoisotopic (exact) mass is 250 g/mol. The first kappa shape index (κ1) is 11.9. The lowest BCUT2D eigenvalue weighted by Gasteiger charge is -2.30. The molecule has 1 aromatic heterocycles. The van der Waals surface area contributed by atoms with E-state index in [2.05, 4.69) is 0 Å². The van der Waals surface area contributed by atoms with Gasteiger partial charge in [-0.1, -0.05) is 0 Å². The van der Waals surface area contributed by atoms with Crippen molar-refractivity contribution in [3.05, 3.63) is 23.2 Å². The van der Waals surface area contributed by atoms with Gasteiger partial charge >= 0.3 is 0 Å². The van der Waals surface area contributed by atoms with E-state index in [1.165, 1.54) is 0 Å². The molecule has 2 N–H and O–H groups in total. The molecule has 1 aromatic rings. The van der Waals surface area contributed by atoms with Crippen LogP contribution in [0.5, 0.6) is 0 Å². The van der Waals surface area contributed by atoms with Crippen LogP contribution in [0.2, 0.25) is 0 Å². The van der Waals surface area contributed by atoms with E-state index in [1.807, 2.05) is 6.07 Å². The van der Waals surface area contributed by atoms with E-state index in [0.717, 1.165) is 5.56 Å². The SMILES string of the molecule is Cc1cc2c(o1)C(=O)[C@]1(C[C@H]1C(C)(C)O)[C@@H](O)C2. The van der Waals surface area contributed by atoms with E-state index in [4.69, 9.17) is 4.42 Å². The van der Waals surface area contributed by atoms with Gasteiger partial charge in [-0.05, 0) is 33.3 Å². The summed E-state index contributed by atoms with van der Waals surface area (Å²) in [6.07, 6.45) is 0.256. The Bertz CT molecular complexity index is 522. The Hall–Kier alpha value is -1.13. The highest BCUT2D eigenvalue weighted by molar-refractivity contribution is 6.03. The molecule has 0 amide bonds. The zero-order valence-corrected chi connectivity index (χ0v) is 10.9. The van der Waals surface area contributed by atoms with Crippen LogP contribution in [0.25, 0.3) is 0 Å². The second-order valence-corrected chi connectivity index (χ2v) is 6.21. The number of aliphatic hydroxyl groups excluding tert-OH is 1. The van der Waals surface area contributed by atoms with E-state index in [-0.39, 0.29) is 11.7 Å². The first-order chi connectivity index (χ1) is 8.26. The van der Waals surface area contributed by atoms with Crippen LogP contribution in [0.3, 0.4) is 0 Å². The van der Waals surface area contributed by atoms with Crippen LogP contribution in [-0.2, 0) is 6.42 Å². The van der Waals surface area contributed by atoms with Crippen LogP contribution in [0.1, 0.15) is 42.1 Å². The number of ketones is 1. The second kappa shape index (κ2) is 3.25. The van der Waals surface area contributed by atoms with Gasteiger partial charge in [0.25, 0.3) is 0 Å². The van der Waals surface area contributed by atoms with Crippen molar-refractivity contribution in [2.45, 2.75) is 45.3 Å². The van der Waals surface area contributed by atoms with E-state index < -0.39 is 17.1 Å². The van der Waals surface area contributed by atoms with Crippen molar-refractivity contribution in [1.82, 2.24) is 0 Å². The first-order valence-electron chi connectivity index (χ1n) is 6.31. The Kier molecular flexibility index (Phi) is 2.15. The minimum absolute atomic E-state index is 0.142. The van der Waals surface area contributed by atoms with Crippen molar-refractivity contribution in [3.63, 3.8) is 0 Å². The molecule has 1 spiro atoms. The number of fused-ring (bicyclic) bond motifs is 1. The van der Waals surface area contributed by atoms with Crippen LogP contribution in [0, 0.1) is 18.3 Å². The molecule has 2 aliphatic rings. The van der Waals surface area contributed by atoms with Crippen molar-refractivity contribution < 1.29 is 19.4 Å². The number of carbonyl (C=O) groups excluding carboxylic acids is 1. The van der Waals surface area contributed by atoms with E-state index in [0.29, 0.717) is 24.4 Å². The maximum atomic E-state index is 12.5. The molecule has 0 saturated heterocycles. The number of rotatable bonds is 1. The molecule has 0 bridgehead atoms. The normalized spacial score (nSPS) is 34.8. The average Bonchev–Trinajstić information content (AvgIpc) is 2.90. The molecule has 4 nitrogen and oxygen atoms in total. The molecule has 0 unspecified atom stereocenters. The van der Waals surface area contributed by atoms with Gasteiger partial charge in [-0.3, -0.25) is 4.79 Å². The van der Waals surface area contributed by atoms with Crippen LogP contribution in [-0.4, -0.2) is 27.7 Å². The van der Waals surface area contributed by atoms with Crippen molar-refractivity contribution >= 4 is 5.78 Å². The van der Waals surface area contributed by atoms with Crippen molar-refractivity contribution in [2.24, 2.45) is 11.3 Å². The number of hydrogen-bond donors (Lipinski definition) is 2. The van der Waals surface area contributed by atoms with Crippen LogP contribution in [0.4, 0.5) is 0 Å². The predicted octanol–water partition coefficient (Wildman–Crippen LogP) is 1.46. The summed E-state index contributed by atoms with van der Waals surface area (Å²) in [6, 6.07) is 1.81.